The number of hydrogen-bond donors (Lipinski definition) is 1. The van der Waals surface area contributed by atoms with Crippen LogP contribution in [-0.2, 0) is 0 Å². The Morgan fingerprint density at radius 1 is 1.21 bits per heavy atom. The van der Waals surface area contributed by atoms with E-state index < -0.39 is 0 Å². The summed E-state index contributed by atoms with van der Waals surface area (Å²) >= 11 is 0. The van der Waals surface area contributed by atoms with E-state index in [2.05, 4.69) is 11.6 Å². The van der Waals surface area contributed by atoms with Crippen LogP contribution in [0.5, 0.6) is 5.75 Å². The van der Waals surface area contributed by atoms with E-state index >= 15 is 0 Å². The normalized spacial score (nSPS) is 10.8. The van der Waals surface area contributed by atoms with Gasteiger partial charge in [0.25, 0.3) is 0 Å². The van der Waals surface area contributed by atoms with Gasteiger partial charge < -0.3 is 9.52 Å². The quantitative estimate of drug-likeness (QED) is 0.744. The second-order valence-electron chi connectivity index (χ2n) is 4.47. The third-order valence-electron chi connectivity index (χ3n) is 3.02. The lowest BCUT2D eigenvalue weighted by Gasteiger charge is -1.96. The van der Waals surface area contributed by atoms with Crippen LogP contribution in [0.15, 0.2) is 47.4 Å². The molecule has 0 radical (unpaired) electrons. The Kier molecular flexibility index (Phi) is 2.60. The van der Waals surface area contributed by atoms with Crippen LogP contribution in [0.25, 0.3) is 28.6 Å². The predicted octanol–water partition coefficient (Wildman–Crippen LogP) is 4.15. The molecule has 1 heterocycles. The van der Waals surface area contributed by atoms with Gasteiger partial charge in [-0.15, -0.1) is 0 Å². The van der Waals surface area contributed by atoms with Crippen molar-refractivity contribution in [3.63, 3.8) is 0 Å². The first-order chi connectivity index (χ1) is 9.17. The fourth-order valence-electron chi connectivity index (χ4n) is 2.01. The summed E-state index contributed by atoms with van der Waals surface area (Å²) in [6.45, 7) is 5.75. The molecule has 0 spiro atoms. The van der Waals surface area contributed by atoms with Crippen molar-refractivity contribution in [2.24, 2.45) is 0 Å². The van der Waals surface area contributed by atoms with Gasteiger partial charge in [0.05, 0.1) is 0 Å². The van der Waals surface area contributed by atoms with Crippen LogP contribution in [0.4, 0.5) is 0 Å². The lowest BCUT2D eigenvalue weighted by Crippen LogP contribution is -1.77. The second kappa shape index (κ2) is 4.28. The summed E-state index contributed by atoms with van der Waals surface area (Å²) in [6, 6.07) is 11.1. The lowest BCUT2D eigenvalue weighted by atomic mass is 10.1. The van der Waals surface area contributed by atoms with Crippen LogP contribution >= 0.6 is 0 Å². The van der Waals surface area contributed by atoms with Gasteiger partial charge in [0, 0.05) is 17.2 Å². The second-order valence-corrected chi connectivity index (χ2v) is 4.47. The highest BCUT2D eigenvalue weighted by molar-refractivity contribution is 5.86. The van der Waals surface area contributed by atoms with Crippen LogP contribution in [0, 0.1) is 6.92 Å². The van der Waals surface area contributed by atoms with Gasteiger partial charge in [-0.1, -0.05) is 30.4 Å². The summed E-state index contributed by atoms with van der Waals surface area (Å²) in [6.07, 6.45) is 1.64. The average molecular weight is 251 g/mol. The molecule has 94 valence electrons. The van der Waals surface area contributed by atoms with E-state index in [1.54, 1.807) is 18.2 Å². The molecular formula is C16H13NO2. The van der Waals surface area contributed by atoms with Gasteiger partial charge >= 0.3 is 0 Å². The molecular weight excluding hydrogens is 238 g/mol. The Hall–Kier alpha value is -2.55. The first-order valence-corrected chi connectivity index (χ1v) is 6.00. The summed E-state index contributed by atoms with van der Waals surface area (Å²) in [5.41, 5.74) is 4.11. The van der Waals surface area contributed by atoms with Gasteiger partial charge in [-0.25, -0.2) is 4.98 Å². The largest absolute Gasteiger partial charge is 0.508 e. The van der Waals surface area contributed by atoms with Crippen LogP contribution in [0.1, 0.15) is 11.1 Å². The van der Waals surface area contributed by atoms with Crippen LogP contribution < -0.4 is 0 Å². The molecule has 0 bridgehead atoms. The molecule has 0 saturated heterocycles. The van der Waals surface area contributed by atoms with Crippen LogP contribution in [-0.4, -0.2) is 10.1 Å². The van der Waals surface area contributed by atoms with E-state index in [9.17, 15) is 5.11 Å². The Morgan fingerprint density at radius 2 is 1.95 bits per heavy atom. The fraction of sp³-hybridized carbons (Fsp3) is 0.0625. The third-order valence-corrected chi connectivity index (χ3v) is 3.02. The summed E-state index contributed by atoms with van der Waals surface area (Å²) < 4.78 is 5.78. The third kappa shape index (κ3) is 1.99. The Balaban J connectivity index is 2.21. The van der Waals surface area contributed by atoms with E-state index in [-0.39, 0.29) is 5.75 Å². The zero-order valence-corrected chi connectivity index (χ0v) is 10.6. The van der Waals surface area contributed by atoms with Crippen molar-refractivity contribution in [2.75, 3.05) is 0 Å². The van der Waals surface area contributed by atoms with Crippen molar-refractivity contribution < 1.29 is 9.52 Å². The summed E-state index contributed by atoms with van der Waals surface area (Å²) in [4.78, 5) is 4.41. The minimum atomic E-state index is 0.158. The highest BCUT2D eigenvalue weighted by Crippen LogP contribution is 2.30. The van der Waals surface area contributed by atoms with Gasteiger partial charge in [0.2, 0.25) is 5.89 Å². The number of fused-ring (bicyclic) bond motifs is 1. The summed E-state index contributed by atoms with van der Waals surface area (Å²) in [7, 11) is 0. The lowest BCUT2D eigenvalue weighted by molar-refractivity contribution is 0.475. The number of nitrogens with zero attached hydrogens (tertiary/aromatic N) is 1. The predicted molar refractivity (Wildman–Crippen MR) is 75.9 cm³/mol. The maximum Gasteiger partial charge on any atom is 0.227 e. The number of benzene rings is 2. The summed E-state index contributed by atoms with van der Waals surface area (Å²) in [5, 5.41) is 9.63. The molecule has 2 aromatic carbocycles. The Morgan fingerprint density at radius 3 is 2.63 bits per heavy atom. The molecule has 1 N–H and O–H groups in total. The smallest absolute Gasteiger partial charge is 0.227 e. The standard InChI is InChI=1S/C16H13NO2/c1-3-11-8-13(18)9-14-15(11)19-16(17-14)12-6-4-10(2)5-7-12/h3-9,18H,1H2,2H3. The molecule has 0 atom stereocenters. The SMILES string of the molecule is C=Cc1cc(O)cc2nc(-c3ccc(C)cc3)oc12. The number of phenols is 1. The van der Waals surface area contributed by atoms with E-state index in [0.29, 0.717) is 17.0 Å². The van der Waals surface area contributed by atoms with Crippen molar-refractivity contribution in [2.45, 2.75) is 6.92 Å². The van der Waals surface area contributed by atoms with Gasteiger partial charge in [-0.3, -0.25) is 0 Å². The van der Waals surface area contributed by atoms with E-state index in [4.69, 9.17) is 4.42 Å². The van der Waals surface area contributed by atoms with E-state index in [1.165, 1.54) is 5.56 Å². The molecule has 0 aliphatic rings. The molecule has 0 fully saturated rings. The number of aryl methyl sites for hydroxylation is 1. The topological polar surface area (TPSA) is 46.3 Å². The van der Waals surface area contributed by atoms with Crippen molar-refractivity contribution in [1.82, 2.24) is 4.98 Å². The van der Waals surface area contributed by atoms with Crippen LogP contribution in [0.3, 0.4) is 0 Å². The molecule has 0 aliphatic heterocycles. The monoisotopic (exact) mass is 251 g/mol. The van der Waals surface area contributed by atoms with Crippen LogP contribution in [0.2, 0.25) is 0 Å². The number of rotatable bonds is 2. The van der Waals surface area contributed by atoms with Gasteiger partial charge in [0.15, 0.2) is 5.58 Å². The van der Waals surface area contributed by atoms with E-state index in [0.717, 1.165) is 11.1 Å². The molecule has 0 aliphatic carbocycles. The number of hydrogen-bond acceptors (Lipinski definition) is 3. The molecule has 3 rings (SSSR count). The maximum absolute atomic E-state index is 9.63. The van der Waals surface area contributed by atoms with Gasteiger partial charge in [-0.2, -0.15) is 0 Å². The highest BCUT2D eigenvalue weighted by Gasteiger charge is 2.11. The minimum absolute atomic E-state index is 0.158. The van der Waals surface area contributed by atoms with Crippen molar-refractivity contribution >= 4 is 17.2 Å². The van der Waals surface area contributed by atoms with Gasteiger partial charge in [0.1, 0.15) is 11.3 Å². The zero-order chi connectivity index (χ0) is 13.4. The molecule has 0 amide bonds. The number of aromatic hydroxyl groups is 1. The van der Waals surface area contributed by atoms with Crippen molar-refractivity contribution in [1.29, 1.82) is 0 Å². The first-order valence-electron chi connectivity index (χ1n) is 6.00. The number of aromatic nitrogens is 1. The van der Waals surface area contributed by atoms with Crippen molar-refractivity contribution in [3.05, 3.63) is 54.1 Å². The fourth-order valence-corrected chi connectivity index (χ4v) is 2.01. The molecule has 19 heavy (non-hydrogen) atoms. The average Bonchev–Trinajstić information content (AvgIpc) is 2.82. The molecule has 3 aromatic rings. The molecule has 3 nitrogen and oxygen atoms in total. The zero-order valence-electron chi connectivity index (χ0n) is 10.6. The molecule has 0 saturated carbocycles. The van der Waals surface area contributed by atoms with Gasteiger partial charge in [-0.05, 0) is 25.1 Å². The molecule has 3 heteroatoms. The summed E-state index contributed by atoms with van der Waals surface area (Å²) in [5.74, 6) is 0.704. The minimum Gasteiger partial charge on any atom is -0.508 e. The number of phenolic OH excluding ortho intramolecular Hbond substituents is 1. The van der Waals surface area contributed by atoms with Crippen molar-refractivity contribution in [3.8, 4) is 17.2 Å². The first kappa shape index (κ1) is 11.5. The number of oxazole rings is 1. The Bertz CT molecular complexity index is 754. The Labute approximate surface area is 110 Å². The molecule has 0 unspecified atom stereocenters. The maximum atomic E-state index is 9.63. The molecule has 1 aromatic heterocycles. The van der Waals surface area contributed by atoms with E-state index in [1.807, 2.05) is 31.2 Å². The highest BCUT2D eigenvalue weighted by atomic mass is 16.3.